The molecule has 0 unspecified atom stereocenters. The van der Waals surface area contributed by atoms with Crippen LogP contribution >= 0.6 is 11.8 Å². The number of hydrogen-bond donors (Lipinski definition) is 3. The maximum Gasteiger partial charge on any atom is 0.234 e. The topological polar surface area (TPSA) is 86.9 Å². The molecule has 0 aliphatic carbocycles. The molecule has 26 heavy (non-hydrogen) atoms. The predicted octanol–water partition coefficient (Wildman–Crippen LogP) is 3.77. The molecular formula is C19H18N4O2S. The SMILES string of the molecule is CC(=O)Nc1ccc(NC(=O)CSc2ncc(-c3ccccc3)[nH]2)cc1. The van der Waals surface area contributed by atoms with Gasteiger partial charge in [-0.3, -0.25) is 9.59 Å². The van der Waals surface area contributed by atoms with Gasteiger partial charge in [-0.05, 0) is 29.8 Å². The first kappa shape index (κ1) is 17.8. The summed E-state index contributed by atoms with van der Waals surface area (Å²) < 4.78 is 0. The minimum absolute atomic E-state index is 0.125. The summed E-state index contributed by atoms with van der Waals surface area (Å²) in [5.41, 5.74) is 3.33. The van der Waals surface area contributed by atoms with Crippen LogP contribution in [-0.2, 0) is 9.59 Å². The summed E-state index contributed by atoms with van der Waals surface area (Å²) in [6.07, 6.45) is 1.76. The van der Waals surface area contributed by atoms with Crippen LogP contribution in [0, 0.1) is 0 Å². The van der Waals surface area contributed by atoms with Gasteiger partial charge in [0, 0.05) is 18.3 Å². The molecule has 0 aliphatic heterocycles. The third-order valence-electron chi connectivity index (χ3n) is 3.47. The number of nitrogens with one attached hydrogen (secondary N) is 3. The van der Waals surface area contributed by atoms with E-state index in [9.17, 15) is 9.59 Å². The number of carbonyl (C=O) groups is 2. The van der Waals surface area contributed by atoms with Gasteiger partial charge in [0.05, 0.1) is 17.6 Å². The molecule has 2 amide bonds. The number of amides is 2. The Morgan fingerprint density at radius 2 is 1.65 bits per heavy atom. The zero-order valence-corrected chi connectivity index (χ0v) is 15.0. The number of thioether (sulfide) groups is 1. The fourth-order valence-corrected chi connectivity index (χ4v) is 2.96. The maximum absolute atomic E-state index is 12.1. The van der Waals surface area contributed by atoms with Gasteiger partial charge < -0.3 is 15.6 Å². The van der Waals surface area contributed by atoms with E-state index >= 15 is 0 Å². The zero-order chi connectivity index (χ0) is 18.4. The number of hydrogen-bond acceptors (Lipinski definition) is 4. The summed E-state index contributed by atoms with van der Waals surface area (Å²) >= 11 is 1.34. The lowest BCUT2D eigenvalue weighted by atomic mass is 10.2. The second kappa shape index (κ2) is 8.35. The van der Waals surface area contributed by atoms with Crippen molar-refractivity contribution in [2.45, 2.75) is 12.1 Å². The molecule has 6 nitrogen and oxygen atoms in total. The Balaban J connectivity index is 1.51. The molecule has 0 saturated heterocycles. The summed E-state index contributed by atoms with van der Waals surface area (Å²) in [5, 5.41) is 6.19. The van der Waals surface area contributed by atoms with Crippen molar-refractivity contribution in [2.75, 3.05) is 16.4 Å². The summed E-state index contributed by atoms with van der Waals surface area (Å²) in [5.74, 6) is -0.0127. The fourth-order valence-electron chi connectivity index (χ4n) is 2.31. The highest BCUT2D eigenvalue weighted by Crippen LogP contribution is 2.21. The second-order valence-electron chi connectivity index (χ2n) is 5.56. The Morgan fingerprint density at radius 3 is 2.31 bits per heavy atom. The van der Waals surface area contributed by atoms with Crippen LogP contribution < -0.4 is 10.6 Å². The number of aromatic nitrogens is 2. The zero-order valence-electron chi connectivity index (χ0n) is 14.2. The number of imidazole rings is 1. The molecule has 0 aliphatic rings. The number of nitrogens with zero attached hydrogens (tertiary/aromatic N) is 1. The monoisotopic (exact) mass is 366 g/mol. The van der Waals surface area contributed by atoms with Gasteiger partial charge in [0.1, 0.15) is 0 Å². The van der Waals surface area contributed by atoms with Crippen molar-refractivity contribution in [1.82, 2.24) is 9.97 Å². The van der Waals surface area contributed by atoms with Gasteiger partial charge in [-0.25, -0.2) is 4.98 Å². The van der Waals surface area contributed by atoms with Crippen LogP contribution in [0.3, 0.4) is 0 Å². The summed E-state index contributed by atoms with van der Waals surface area (Å²) in [6.45, 7) is 1.45. The van der Waals surface area contributed by atoms with Crippen LogP contribution in [0.1, 0.15) is 6.92 Å². The van der Waals surface area contributed by atoms with Crippen LogP contribution in [-0.4, -0.2) is 27.5 Å². The Labute approximate surface area is 155 Å². The van der Waals surface area contributed by atoms with E-state index in [1.165, 1.54) is 18.7 Å². The number of benzene rings is 2. The predicted molar refractivity (Wildman–Crippen MR) is 104 cm³/mol. The van der Waals surface area contributed by atoms with E-state index in [1.807, 2.05) is 30.3 Å². The minimum Gasteiger partial charge on any atom is -0.333 e. The van der Waals surface area contributed by atoms with Gasteiger partial charge in [-0.1, -0.05) is 42.1 Å². The molecule has 0 spiro atoms. The normalized spacial score (nSPS) is 10.3. The van der Waals surface area contributed by atoms with E-state index in [2.05, 4.69) is 20.6 Å². The molecule has 0 fully saturated rings. The van der Waals surface area contributed by atoms with Crippen LogP contribution in [0.4, 0.5) is 11.4 Å². The summed E-state index contributed by atoms with van der Waals surface area (Å²) in [4.78, 5) is 30.6. The molecule has 0 atom stereocenters. The molecule has 3 rings (SSSR count). The third-order valence-corrected chi connectivity index (χ3v) is 4.35. The summed E-state index contributed by atoms with van der Waals surface area (Å²) in [7, 11) is 0. The van der Waals surface area contributed by atoms with Crippen LogP contribution in [0.15, 0.2) is 66.0 Å². The van der Waals surface area contributed by atoms with Crippen molar-refractivity contribution in [3.05, 3.63) is 60.8 Å². The molecule has 0 bridgehead atoms. The van der Waals surface area contributed by atoms with Gasteiger partial charge in [0.15, 0.2) is 5.16 Å². The number of rotatable bonds is 6. The molecule has 2 aromatic carbocycles. The Bertz CT molecular complexity index is 891. The lowest BCUT2D eigenvalue weighted by Gasteiger charge is -2.06. The molecule has 3 aromatic rings. The van der Waals surface area contributed by atoms with E-state index in [-0.39, 0.29) is 17.6 Å². The standard InChI is InChI=1S/C19H18N4O2S/c1-13(24)21-15-7-9-16(10-8-15)22-18(25)12-26-19-20-11-17(23-19)14-5-3-2-4-6-14/h2-11H,12H2,1H3,(H,20,23)(H,21,24)(H,22,25). The van der Waals surface area contributed by atoms with Crippen LogP contribution in [0.2, 0.25) is 0 Å². The van der Waals surface area contributed by atoms with Gasteiger partial charge in [0.25, 0.3) is 0 Å². The molecule has 132 valence electrons. The van der Waals surface area contributed by atoms with Gasteiger partial charge in [-0.15, -0.1) is 0 Å². The van der Waals surface area contributed by atoms with Gasteiger partial charge >= 0.3 is 0 Å². The number of aromatic amines is 1. The van der Waals surface area contributed by atoms with E-state index in [4.69, 9.17) is 0 Å². The second-order valence-corrected chi connectivity index (χ2v) is 6.53. The van der Waals surface area contributed by atoms with Gasteiger partial charge in [0.2, 0.25) is 11.8 Å². The number of anilines is 2. The quantitative estimate of drug-likeness (QED) is 0.580. The van der Waals surface area contributed by atoms with Crippen molar-refractivity contribution in [2.24, 2.45) is 0 Å². The third kappa shape index (κ3) is 4.97. The first-order valence-corrected chi connectivity index (χ1v) is 8.99. The smallest absolute Gasteiger partial charge is 0.234 e. The summed E-state index contributed by atoms with van der Waals surface area (Å²) in [6, 6.07) is 16.9. The molecule has 7 heteroatoms. The highest BCUT2D eigenvalue weighted by Gasteiger charge is 2.08. The minimum atomic E-state index is -0.133. The average molecular weight is 366 g/mol. The van der Waals surface area contributed by atoms with Gasteiger partial charge in [-0.2, -0.15) is 0 Å². The van der Waals surface area contributed by atoms with Crippen molar-refractivity contribution in [3.8, 4) is 11.3 Å². The Kier molecular flexibility index (Phi) is 5.70. The van der Waals surface area contributed by atoms with Crippen molar-refractivity contribution < 1.29 is 9.59 Å². The molecule has 1 aromatic heterocycles. The highest BCUT2D eigenvalue weighted by molar-refractivity contribution is 7.99. The van der Waals surface area contributed by atoms with E-state index in [1.54, 1.807) is 30.5 Å². The molecule has 0 saturated carbocycles. The average Bonchev–Trinajstić information content (AvgIpc) is 3.11. The van der Waals surface area contributed by atoms with E-state index in [0.29, 0.717) is 16.5 Å². The van der Waals surface area contributed by atoms with Crippen molar-refractivity contribution >= 4 is 35.0 Å². The molecular weight excluding hydrogens is 348 g/mol. The largest absolute Gasteiger partial charge is 0.333 e. The molecule has 3 N–H and O–H groups in total. The Hall–Kier alpha value is -3.06. The fraction of sp³-hybridized carbons (Fsp3) is 0.105. The van der Waals surface area contributed by atoms with E-state index < -0.39 is 0 Å². The molecule has 1 heterocycles. The van der Waals surface area contributed by atoms with Crippen LogP contribution in [0.5, 0.6) is 0 Å². The molecule has 0 radical (unpaired) electrons. The number of H-pyrrole nitrogens is 1. The van der Waals surface area contributed by atoms with E-state index in [0.717, 1.165) is 11.3 Å². The Morgan fingerprint density at radius 1 is 1.00 bits per heavy atom. The number of carbonyl (C=O) groups excluding carboxylic acids is 2. The first-order chi connectivity index (χ1) is 12.6. The lowest BCUT2D eigenvalue weighted by molar-refractivity contribution is -0.114. The highest BCUT2D eigenvalue weighted by atomic mass is 32.2. The first-order valence-electron chi connectivity index (χ1n) is 8.01. The van der Waals surface area contributed by atoms with Crippen molar-refractivity contribution in [1.29, 1.82) is 0 Å². The maximum atomic E-state index is 12.1. The van der Waals surface area contributed by atoms with Crippen molar-refractivity contribution in [3.63, 3.8) is 0 Å². The lowest BCUT2D eigenvalue weighted by Crippen LogP contribution is -2.14. The van der Waals surface area contributed by atoms with Crippen LogP contribution in [0.25, 0.3) is 11.3 Å².